The fourth-order valence-corrected chi connectivity index (χ4v) is 4.88. The Morgan fingerprint density at radius 2 is 2.26 bits per heavy atom. The average molecular weight is 392 g/mol. The van der Waals surface area contributed by atoms with Crippen LogP contribution in [0.3, 0.4) is 0 Å². The molecule has 3 rings (SSSR count). The Hall–Kier alpha value is -0.660. The van der Waals surface area contributed by atoms with E-state index >= 15 is 0 Å². The first-order valence-electron chi connectivity index (χ1n) is 7.25. The zero-order valence-corrected chi connectivity index (χ0v) is 16.2. The van der Waals surface area contributed by atoms with E-state index in [1.807, 2.05) is 31.0 Å². The number of hydrogen-bond donors (Lipinski definition) is 1. The molecule has 0 aliphatic carbocycles. The fourth-order valence-electron chi connectivity index (χ4n) is 2.75. The van der Waals surface area contributed by atoms with Crippen LogP contribution in [-0.2, 0) is 0 Å². The topological polar surface area (TPSA) is 45.2 Å². The van der Waals surface area contributed by atoms with Gasteiger partial charge < -0.3 is 10.2 Å². The van der Waals surface area contributed by atoms with Gasteiger partial charge in [-0.3, -0.25) is 4.79 Å². The summed E-state index contributed by atoms with van der Waals surface area (Å²) >= 11 is 8.95. The molecule has 4 nitrogen and oxygen atoms in total. The zero-order valence-electron chi connectivity index (χ0n) is 13.0. The van der Waals surface area contributed by atoms with Crippen molar-refractivity contribution in [1.29, 1.82) is 0 Å². The Bertz CT molecular complexity index is 686. The summed E-state index contributed by atoms with van der Waals surface area (Å²) in [7, 11) is 1.95. The minimum absolute atomic E-state index is 0. The standard InChI is InChI=1S/C15H18ClN3OS2.ClH/c1-9-13(15(20)19-6-5-10(8-19)7-17-2)22-14(18-9)11-3-4-12(16)21-11;/h3-4,10,17H,5-8H2,1-2H3;1H. The van der Waals surface area contributed by atoms with Gasteiger partial charge in [0.2, 0.25) is 0 Å². The van der Waals surface area contributed by atoms with Gasteiger partial charge in [0.15, 0.2) is 0 Å². The molecule has 1 atom stereocenters. The van der Waals surface area contributed by atoms with Crippen molar-refractivity contribution < 1.29 is 4.79 Å². The van der Waals surface area contributed by atoms with Gasteiger partial charge in [0.25, 0.3) is 5.91 Å². The minimum Gasteiger partial charge on any atom is -0.338 e. The van der Waals surface area contributed by atoms with Crippen LogP contribution < -0.4 is 5.32 Å². The van der Waals surface area contributed by atoms with Gasteiger partial charge in [-0.2, -0.15) is 0 Å². The number of nitrogens with one attached hydrogen (secondary N) is 1. The van der Waals surface area contributed by atoms with E-state index < -0.39 is 0 Å². The van der Waals surface area contributed by atoms with E-state index in [4.69, 9.17) is 11.6 Å². The molecule has 0 spiro atoms. The molecule has 23 heavy (non-hydrogen) atoms. The lowest BCUT2D eigenvalue weighted by Crippen LogP contribution is -2.30. The highest BCUT2D eigenvalue weighted by atomic mass is 35.5. The molecule has 0 radical (unpaired) electrons. The molecule has 0 bridgehead atoms. The number of carbonyl (C=O) groups is 1. The number of aryl methyl sites for hydroxylation is 1. The lowest BCUT2D eigenvalue weighted by atomic mass is 10.1. The van der Waals surface area contributed by atoms with Crippen LogP contribution in [0.2, 0.25) is 4.34 Å². The Morgan fingerprint density at radius 1 is 1.48 bits per heavy atom. The Morgan fingerprint density at radius 3 is 2.91 bits per heavy atom. The second-order valence-electron chi connectivity index (χ2n) is 5.50. The number of amides is 1. The molecule has 2 aromatic heterocycles. The highest BCUT2D eigenvalue weighted by molar-refractivity contribution is 7.24. The molecule has 1 aliphatic rings. The highest BCUT2D eigenvalue weighted by Gasteiger charge is 2.29. The van der Waals surface area contributed by atoms with Crippen LogP contribution in [0, 0.1) is 12.8 Å². The van der Waals surface area contributed by atoms with E-state index in [0.29, 0.717) is 5.92 Å². The number of nitrogens with zero attached hydrogens (tertiary/aromatic N) is 2. The van der Waals surface area contributed by atoms with Crippen molar-refractivity contribution in [2.45, 2.75) is 13.3 Å². The molecule has 2 aromatic rings. The van der Waals surface area contributed by atoms with Crippen molar-refractivity contribution in [3.05, 3.63) is 27.0 Å². The van der Waals surface area contributed by atoms with Gasteiger partial charge in [-0.15, -0.1) is 35.1 Å². The van der Waals surface area contributed by atoms with Crippen LogP contribution in [0.1, 0.15) is 21.8 Å². The van der Waals surface area contributed by atoms with Gasteiger partial charge >= 0.3 is 0 Å². The summed E-state index contributed by atoms with van der Waals surface area (Å²) in [5.41, 5.74) is 0.812. The first-order chi connectivity index (χ1) is 10.6. The number of likely N-dealkylation sites (tertiary alicyclic amines) is 1. The van der Waals surface area contributed by atoms with Gasteiger partial charge in [0.05, 0.1) is 14.9 Å². The number of hydrogen-bond acceptors (Lipinski definition) is 5. The molecule has 1 N–H and O–H groups in total. The SMILES string of the molecule is CNCC1CCN(C(=O)c2sc(-c3ccc(Cl)s3)nc2C)C1.Cl. The van der Waals surface area contributed by atoms with Crippen molar-refractivity contribution in [3.63, 3.8) is 0 Å². The molecule has 3 heterocycles. The van der Waals surface area contributed by atoms with E-state index in [-0.39, 0.29) is 18.3 Å². The largest absolute Gasteiger partial charge is 0.338 e. The molecule has 1 aliphatic heterocycles. The van der Waals surface area contributed by atoms with Crippen LogP contribution in [-0.4, -0.2) is 42.5 Å². The molecule has 0 aromatic carbocycles. The van der Waals surface area contributed by atoms with Gasteiger partial charge in [-0.05, 0) is 45.0 Å². The average Bonchev–Trinajstić information content (AvgIpc) is 3.19. The number of thiazole rings is 1. The van der Waals surface area contributed by atoms with Crippen LogP contribution in [0.4, 0.5) is 0 Å². The second kappa shape index (κ2) is 7.94. The first kappa shape index (κ1) is 18.7. The summed E-state index contributed by atoms with van der Waals surface area (Å²) in [6.45, 7) is 4.54. The number of rotatable bonds is 4. The monoisotopic (exact) mass is 391 g/mol. The molecular weight excluding hydrogens is 373 g/mol. The normalized spacial score (nSPS) is 17.3. The van der Waals surface area contributed by atoms with Gasteiger partial charge in [-0.1, -0.05) is 11.6 Å². The first-order valence-corrected chi connectivity index (χ1v) is 9.26. The van der Waals surface area contributed by atoms with E-state index in [2.05, 4.69) is 10.3 Å². The molecule has 1 saturated heterocycles. The fraction of sp³-hybridized carbons (Fsp3) is 0.467. The third-order valence-electron chi connectivity index (χ3n) is 3.84. The van der Waals surface area contributed by atoms with E-state index in [9.17, 15) is 4.79 Å². The van der Waals surface area contributed by atoms with Crippen molar-refractivity contribution in [2.75, 3.05) is 26.7 Å². The third-order valence-corrected chi connectivity index (χ3v) is 6.39. The summed E-state index contributed by atoms with van der Waals surface area (Å²) in [5.74, 6) is 0.667. The summed E-state index contributed by atoms with van der Waals surface area (Å²) in [6.07, 6.45) is 1.07. The number of aromatic nitrogens is 1. The summed E-state index contributed by atoms with van der Waals surface area (Å²) < 4.78 is 0.741. The Balaban J connectivity index is 0.00000192. The molecular formula is C15H19Cl2N3OS2. The van der Waals surface area contributed by atoms with Gasteiger partial charge in [-0.25, -0.2) is 4.98 Å². The number of thiophene rings is 1. The van der Waals surface area contributed by atoms with Crippen molar-refractivity contribution in [2.24, 2.45) is 5.92 Å². The third kappa shape index (κ3) is 4.06. The van der Waals surface area contributed by atoms with E-state index in [1.54, 1.807) is 0 Å². The Labute approximate surface area is 155 Å². The predicted molar refractivity (Wildman–Crippen MR) is 100 cm³/mol. The maximum atomic E-state index is 12.7. The number of carbonyl (C=O) groups excluding carboxylic acids is 1. The molecule has 1 fully saturated rings. The van der Waals surface area contributed by atoms with E-state index in [0.717, 1.165) is 50.8 Å². The highest BCUT2D eigenvalue weighted by Crippen LogP contribution is 2.35. The molecule has 1 amide bonds. The zero-order chi connectivity index (χ0) is 15.7. The maximum absolute atomic E-state index is 12.7. The van der Waals surface area contributed by atoms with Crippen molar-refractivity contribution in [1.82, 2.24) is 15.2 Å². The smallest absolute Gasteiger partial charge is 0.265 e. The summed E-state index contributed by atoms with van der Waals surface area (Å²) in [4.78, 5) is 21.0. The molecule has 0 saturated carbocycles. The van der Waals surface area contributed by atoms with Crippen LogP contribution >= 0.6 is 46.7 Å². The minimum atomic E-state index is 0. The summed E-state index contributed by atoms with van der Waals surface area (Å²) in [6, 6.07) is 3.82. The molecule has 8 heteroatoms. The van der Waals surface area contributed by atoms with Crippen molar-refractivity contribution >= 4 is 52.6 Å². The Kier molecular flexibility index (Phi) is 6.45. The van der Waals surface area contributed by atoms with Gasteiger partial charge in [0.1, 0.15) is 9.88 Å². The quantitative estimate of drug-likeness (QED) is 0.858. The van der Waals surface area contributed by atoms with Crippen LogP contribution in [0.15, 0.2) is 12.1 Å². The van der Waals surface area contributed by atoms with Crippen LogP contribution in [0.25, 0.3) is 9.88 Å². The molecule has 1 unspecified atom stereocenters. The predicted octanol–water partition coefficient (Wildman–Crippen LogP) is 3.94. The maximum Gasteiger partial charge on any atom is 0.265 e. The summed E-state index contributed by atoms with van der Waals surface area (Å²) in [5, 5.41) is 4.07. The van der Waals surface area contributed by atoms with Crippen molar-refractivity contribution in [3.8, 4) is 9.88 Å². The second-order valence-corrected chi connectivity index (χ2v) is 8.22. The lowest BCUT2D eigenvalue weighted by molar-refractivity contribution is 0.0791. The number of halogens is 2. The van der Waals surface area contributed by atoms with Gasteiger partial charge in [0, 0.05) is 13.1 Å². The van der Waals surface area contributed by atoms with Crippen LogP contribution in [0.5, 0.6) is 0 Å². The van der Waals surface area contributed by atoms with E-state index in [1.165, 1.54) is 22.7 Å². The molecule has 126 valence electrons. The lowest BCUT2D eigenvalue weighted by Gasteiger charge is -2.15.